The molecule has 1 amide bonds. The van der Waals surface area contributed by atoms with E-state index < -0.39 is 50.0 Å². The van der Waals surface area contributed by atoms with Crippen LogP contribution in [0.2, 0.25) is 0 Å². The van der Waals surface area contributed by atoms with Crippen LogP contribution in [0, 0.1) is 11.3 Å². The lowest BCUT2D eigenvalue weighted by Crippen LogP contribution is -2.46. The summed E-state index contributed by atoms with van der Waals surface area (Å²) in [5, 5.41) is 36.0. The van der Waals surface area contributed by atoms with Gasteiger partial charge in [-0.15, -0.1) is 6.58 Å². The monoisotopic (exact) mass is 982 g/mol. The number of unbranched alkanes of at least 4 members (excludes halogenated alkanes) is 2. The van der Waals surface area contributed by atoms with Gasteiger partial charge in [0.2, 0.25) is 5.95 Å². The normalized spacial score (nSPS) is 14.5. The van der Waals surface area contributed by atoms with Gasteiger partial charge >= 0.3 is 6.18 Å². The molecular weight excluding hydrogens is 930 g/mol. The van der Waals surface area contributed by atoms with Gasteiger partial charge in [0.1, 0.15) is 16.7 Å². The third-order valence-electron chi connectivity index (χ3n) is 11.7. The Balaban J connectivity index is 0.833. The fourth-order valence-corrected chi connectivity index (χ4v) is 9.48. The average Bonchev–Trinajstić information content (AvgIpc) is 3.59. The first-order valence-electron chi connectivity index (χ1n) is 22.4. The fraction of sp³-hybridized carbons (Fsp3) is 0.347. The number of amides is 1. The Morgan fingerprint density at radius 1 is 0.929 bits per heavy atom. The van der Waals surface area contributed by atoms with Gasteiger partial charge in [-0.2, -0.15) is 23.4 Å². The van der Waals surface area contributed by atoms with Crippen molar-refractivity contribution in [3.8, 4) is 17.6 Å². The molecule has 21 heteroatoms. The number of hydrogen-bond donors (Lipinski definition) is 4. The fourth-order valence-electron chi connectivity index (χ4n) is 7.89. The zero-order valence-electron chi connectivity index (χ0n) is 38.8. The largest absolute Gasteiger partial charge is 0.494 e. The molecule has 0 unspecified atom stereocenters. The Bertz CT molecular complexity index is 3060. The number of nitriles is 1. The second kappa shape index (κ2) is 20.9. The van der Waals surface area contributed by atoms with E-state index in [2.05, 4.69) is 37.0 Å². The maximum absolute atomic E-state index is 13.4. The van der Waals surface area contributed by atoms with Gasteiger partial charge in [0.05, 0.1) is 46.7 Å². The zero-order chi connectivity index (χ0) is 50.4. The third-order valence-corrected chi connectivity index (χ3v) is 13.6. The smallest absolute Gasteiger partial charge is 0.417 e. The van der Waals surface area contributed by atoms with Crippen molar-refractivity contribution in [2.45, 2.75) is 68.9 Å². The number of hydrogen-bond acceptors (Lipinski definition) is 14. The maximum Gasteiger partial charge on any atom is 0.417 e. The number of sulfone groups is 1. The number of nitrogens with zero attached hydrogens (tertiary/aromatic N) is 8. The minimum Gasteiger partial charge on any atom is -0.494 e. The zero-order valence-corrected chi connectivity index (χ0v) is 39.6. The summed E-state index contributed by atoms with van der Waals surface area (Å²) in [6.45, 7) is 13.1. The summed E-state index contributed by atoms with van der Waals surface area (Å²) < 4.78 is 75.3. The van der Waals surface area contributed by atoms with Crippen molar-refractivity contribution in [2.24, 2.45) is 0 Å². The average molecular weight is 983 g/mol. The van der Waals surface area contributed by atoms with Crippen LogP contribution in [0.3, 0.4) is 0 Å². The number of halogens is 3. The molecule has 1 aliphatic rings. The van der Waals surface area contributed by atoms with Crippen molar-refractivity contribution in [2.75, 3.05) is 60.6 Å². The van der Waals surface area contributed by atoms with E-state index in [-0.39, 0.29) is 22.7 Å². The van der Waals surface area contributed by atoms with Gasteiger partial charge in [-0.3, -0.25) is 14.5 Å². The van der Waals surface area contributed by atoms with Crippen LogP contribution in [0.1, 0.15) is 56.9 Å². The highest BCUT2D eigenvalue weighted by molar-refractivity contribution is 7.91. The number of benzene rings is 3. The van der Waals surface area contributed by atoms with Crippen LogP contribution in [0.4, 0.5) is 36.2 Å². The summed E-state index contributed by atoms with van der Waals surface area (Å²) in [6.07, 6.45) is 0.886. The molecule has 1 saturated heterocycles. The van der Waals surface area contributed by atoms with Gasteiger partial charge < -0.3 is 30.5 Å². The Morgan fingerprint density at radius 3 is 2.29 bits per heavy atom. The molecule has 0 radical (unpaired) electrons. The van der Waals surface area contributed by atoms with Crippen molar-refractivity contribution >= 4 is 49.8 Å². The van der Waals surface area contributed by atoms with Crippen LogP contribution in [-0.2, 0) is 33.0 Å². The molecule has 3 aromatic heterocycles. The minimum atomic E-state index is -4.88. The highest BCUT2D eigenvalue weighted by Gasteiger charge is 2.38. The first kappa shape index (κ1) is 50.7. The number of piperazine rings is 1. The molecule has 70 heavy (non-hydrogen) atoms. The van der Waals surface area contributed by atoms with Crippen LogP contribution < -0.4 is 25.8 Å². The Hall–Kier alpha value is -7.12. The van der Waals surface area contributed by atoms with E-state index in [1.54, 1.807) is 42.8 Å². The predicted molar refractivity (Wildman–Crippen MR) is 258 cm³/mol. The van der Waals surface area contributed by atoms with E-state index in [0.717, 1.165) is 82.4 Å². The molecule has 1 fully saturated rings. The van der Waals surface area contributed by atoms with Gasteiger partial charge in [-0.05, 0) is 125 Å². The topological polar surface area (TPSA) is 221 Å². The third kappa shape index (κ3) is 12.0. The quantitative estimate of drug-likeness (QED) is 0.0499. The predicted octanol–water partition coefficient (Wildman–Crippen LogP) is 6.56. The molecule has 368 valence electrons. The summed E-state index contributed by atoms with van der Waals surface area (Å²) in [5.74, 6) is -1.14. The molecule has 0 aliphatic carbocycles. The summed E-state index contributed by atoms with van der Waals surface area (Å²) >= 11 is 0. The number of aliphatic hydroxyl groups is 2. The van der Waals surface area contributed by atoms with Crippen LogP contribution in [0.5, 0.6) is 5.75 Å². The van der Waals surface area contributed by atoms with E-state index in [0.29, 0.717) is 46.9 Å². The number of ether oxygens (including phenoxy) is 1. The van der Waals surface area contributed by atoms with Gasteiger partial charge in [-0.25, -0.2) is 27.7 Å². The molecule has 4 heterocycles. The minimum absolute atomic E-state index is 0.184. The number of rotatable bonds is 19. The van der Waals surface area contributed by atoms with Crippen LogP contribution in [-0.4, -0.2) is 104 Å². The van der Waals surface area contributed by atoms with E-state index in [4.69, 9.17) is 15.0 Å². The summed E-state index contributed by atoms with van der Waals surface area (Å²) in [7, 11) is -4.23. The molecule has 1 aliphatic heterocycles. The van der Waals surface area contributed by atoms with Gasteiger partial charge in [0.15, 0.2) is 26.9 Å². The lowest BCUT2D eigenvalue weighted by atomic mass is 10.1. The number of allylic oxidation sites excluding steroid dienone is 1. The van der Waals surface area contributed by atoms with Crippen LogP contribution in [0.15, 0.2) is 113 Å². The molecule has 0 spiro atoms. The van der Waals surface area contributed by atoms with Gasteiger partial charge in [0, 0.05) is 49.4 Å². The number of fused-ring (bicyclic) bond motifs is 1. The number of carbonyl (C=O) groups is 1. The van der Waals surface area contributed by atoms with E-state index in [9.17, 15) is 41.4 Å². The summed E-state index contributed by atoms with van der Waals surface area (Å²) in [4.78, 5) is 44.6. The molecule has 6 aromatic rings. The first-order chi connectivity index (χ1) is 33.2. The van der Waals surface area contributed by atoms with E-state index in [1.807, 2.05) is 24.3 Å². The SMILES string of the molecule is C=CCn1c(=O)c2cnc(Nc3ccc(N4CCN(CCCCCOc5ccc(S(=O)(=O)C[C@](C)(O)C(=O)Nc6ccc(C#N)c(C(F)(F)F)c6)cc5)CC4)cc3)nc2n1-c1cccc(C(C)(C)O)n1. The highest BCUT2D eigenvalue weighted by atomic mass is 32.2. The molecule has 7 rings (SSSR count). The second-order valence-corrected chi connectivity index (χ2v) is 19.6. The van der Waals surface area contributed by atoms with Crippen molar-refractivity contribution in [3.63, 3.8) is 0 Å². The molecule has 3 aromatic carbocycles. The van der Waals surface area contributed by atoms with E-state index in [1.165, 1.54) is 41.2 Å². The Labute approximate surface area is 402 Å². The molecule has 1 atom stereocenters. The number of alkyl halides is 3. The van der Waals surface area contributed by atoms with Crippen molar-refractivity contribution in [1.82, 2.24) is 29.2 Å². The van der Waals surface area contributed by atoms with Gasteiger partial charge in [-0.1, -0.05) is 12.1 Å². The second-order valence-electron chi connectivity index (χ2n) is 17.6. The van der Waals surface area contributed by atoms with Crippen LogP contribution in [0.25, 0.3) is 16.9 Å². The number of anilines is 4. The maximum atomic E-state index is 13.4. The number of pyridine rings is 1. The van der Waals surface area contributed by atoms with Gasteiger partial charge in [0.25, 0.3) is 11.5 Å². The Morgan fingerprint density at radius 2 is 1.63 bits per heavy atom. The van der Waals surface area contributed by atoms with Crippen molar-refractivity contribution in [1.29, 1.82) is 5.26 Å². The van der Waals surface area contributed by atoms with E-state index >= 15 is 0 Å². The number of aromatic nitrogens is 5. The Kier molecular flexibility index (Phi) is 15.1. The molecule has 0 saturated carbocycles. The van der Waals surface area contributed by atoms with Crippen molar-refractivity contribution < 1.29 is 41.3 Å². The first-order valence-corrected chi connectivity index (χ1v) is 24.1. The lowest BCUT2D eigenvalue weighted by molar-refractivity contribution is -0.137. The summed E-state index contributed by atoms with van der Waals surface area (Å²) in [5.41, 5.74) is -3.67. The molecular formula is C49H53F3N10O7S. The number of nitrogens with one attached hydrogen (secondary N) is 2. The molecule has 4 N–H and O–H groups in total. The summed E-state index contributed by atoms with van der Waals surface area (Å²) in [6, 6.07) is 22.7. The van der Waals surface area contributed by atoms with Crippen molar-refractivity contribution in [3.05, 3.63) is 131 Å². The molecule has 0 bridgehead atoms. The van der Waals surface area contributed by atoms with Crippen LogP contribution >= 0.6 is 0 Å². The number of carbonyl (C=O) groups excluding carboxylic acids is 1. The lowest BCUT2D eigenvalue weighted by Gasteiger charge is -2.36. The molecule has 17 nitrogen and oxygen atoms in total. The standard InChI is InChI=1S/C49H53F3N10O7S/c1-5-22-61-44(63)39-31-54-46(58-43(39)62(61)42-11-9-10-41(57-42)47(2,3)65)56-34-14-16-36(17-15-34)60-26-24-59(25-27-60)23-7-6-8-28-69-37-18-20-38(21-19-37)70(67,68)32-48(4,66)45(64)55-35-13-12-33(30-53)40(29-35)49(50,51)52/h5,9-21,29,31,65-66H,1,6-8,22-28,32H2,2-4H3,(H,55,64)(H,54,56,58)/t48-/m0/s1. The highest BCUT2D eigenvalue weighted by Crippen LogP contribution is 2.34.